The van der Waals surface area contributed by atoms with E-state index in [1.807, 2.05) is 30.3 Å². The number of unbranched alkanes of at least 4 members (excludes halogenated alkanes) is 1. The van der Waals surface area contributed by atoms with Crippen molar-refractivity contribution in [1.29, 1.82) is 0 Å². The number of rotatable bonds is 12. The second-order valence-corrected chi connectivity index (χ2v) is 9.29. The van der Waals surface area contributed by atoms with E-state index < -0.39 is 5.82 Å². The van der Waals surface area contributed by atoms with Crippen LogP contribution in [0.1, 0.15) is 60.8 Å². The number of carbonyl (C=O) groups excluding carboxylic acids is 1. The molecule has 0 aliphatic rings. The minimum Gasteiger partial charge on any atom is -0.494 e. The summed E-state index contributed by atoms with van der Waals surface area (Å²) in [5.41, 5.74) is 3.48. The maximum Gasteiger partial charge on any atom is 0.254 e. The standard InChI is InChI=1S/C30H34FN3O2/c1-22(2)23-15-17-24(18-16-23)36-21-8-7-20-34-28-13-6-5-12-27(28)33-29(34)14-9-19-32-30(35)25-10-3-4-11-26(25)31/h3-6,10-13,15-18,22H,7-9,14,19-21H2,1-2H3,(H,32,35). The third-order valence-electron chi connectivity index (χ3n) is 6.31. The van der Waals surface area contributed by atoms with Crippen LogP contribution in [0.4, 0.5) is 4.39 Å². The van der Waals surface area contributed by atoms with E-state index in [0.717, 1.165) is 54.8 Å². The van der Waals surface area contributed by atoms with Crippen molar-refractivity contribution in [3.05, 3.63) is 95.6 Å². The second-order valence-electron chi connectivity index (χ2n) is 9.29. The molecule has 1 aromatic heterocycles. The molecule has 1 amide bonds. The SMILES string of the molecule is CC(C)c1ccc(OCCCCn2c(CCCNC(=O)c3ccccc3F)nc3ccccc32)cc1. The number of ether oxygens (including phenoxy) is 1. The third-order valence-corrected chi connectivity index (χ3v) is 6.31. The first-order valence-corrected chi connectivity index (χ1v) is 12.7. The molecule has 0 atom stereocenters. The topological polar surface area (TPSA) is 56.1 Å². The smallest absolute Gasteiger partial charge is 0.254 e. The zero-order chi connectivity index (χ0) is 25.3. The quantitative estimate of drug-likeness (QED) is 0.232. The molecule has 0 radical (unpaired) electrons. The van der Waals surface area contributed by atoms with Crippen molar-refractivity contribution in [3.63, 3.8) is 0 Å². The number of nitrogens with one attached hydrogen (secondary N) is 1. The van der Waals surface area contributed by atoms with Crippen molar-refractivity contribution in [2.24, 2.45) is 0 Å². The van der Waals surface area contributed by atoms with Crippen molar-refractivity contribution >= 4 is 16.9 Å². The summed E-state index contributed by atoms with van der Waals surface area (Å²) in [5.74, 6) is 1.53. The van der Waals surface area contributed by atoms with E-state index in [9.17, 15) is 9.18 Å². The lowest BCUT2D eigenvalue weighted by Gasteiger charge is -2.11. The van der Waals surface area contributed by atoms with Crippen LogP contribution in [-0.4, -0.2) is 28.6 Å². The van der Waals surface area contributed by atoms with Gasteiger partial charge in [0, 0.05) is 19.5 Å². The van der Waals surface area contributed by atoms with Gasteiger partial charge < -0.3 is 14.6 Å². The first kappa shape index (κ1) is 25.4. The van der Waals surface area contributed by atoms with Gasteiger partial charge in [0.15, 0.2) is 0 Å². The average molecular weight is 488 g/mol. The fourth-order valence-corrected chi connectivity index (χ4v) is 4.27. The van der Waals surface area contributed by atoms with Gasteiger partial charge in [-0.25, -0.2) is 9.37 Å². The van der Waals surface area contributed by atoms with Crippen LogP contribution in [0, 0.1) is 5.82 Å². The van der Waals surface area contributed by atoms with E-state index >= 15 is 0 Å². The number of carbonyl (C=O) groups is 1. The van der Waals surface area contributed by atoms with Gasteiger partial charge in [0.1, 0.15) is 17.4 Å². The Hall–Kier alpha value is -3.67. The average Bonchev–Trinajstić information content (AvgIpc) is 3.24. The van der Waals surface area contributed by atoms with Crippen LogP contribution in [0.3, 0.4) is 0 Å². The van der Waals surface area contributed by atoms with Gasteiger partial charge in [-0.2, -0.15) is 0 Å². The van der Waals surface area contributed by atoms with Crippen LogP contribution in [0.25, 0.3) is 11.0 Å². The molecule has 0 aliphatic heterocycles. The van der Waals surface area contributed by atoms with Crippen molar-refractivity contribution in [2.75, 3.05) is 13.2 Å². The molecule has 0 unspecified atom stereocenters. The van der Waals surface area contributed by atoms with E-state index in [0.29, 0.717) is 19.1 Å². The molecule has 1 N–H and O–H groups in total. The Morgan fingerprint density at radius 1 is 0.972 bits per heavy atom. The highest BCUT2D eigenvalue weighted by atomic mass is 19.1. The molecule has 0 aliphatic carbocycles. The zero-order valence-electron chi connectivity index (χ0n) is 21.0. The first-order chi connectivity index (χ1) is 17.5. The molecule has 5 nitrogen and oxygen atoms in total. The molecular formula is C30H34FN3O2. The van der Waals surface area contributed by atoms with Gasteiger partial charge in [-0.1, -0.05) is 50.2 Å². The van der Waals surface area contributed by atoms with Crippen molar-refractivity contribution < 1.29 is 13.9 Å². The fourth-order valence-electron chi connectivity index (χ4n) is 4.27. The summed E-state index contributed by atoms with van der Waals surface area (Å²) in [6.45, 7) is 6.36. The minimum absolute atomic E-state index is 0.0721. The van der Waals surface area contributed by atoms with Crippen LogP contribution in [0.15, 0.2) is 72.8 Å². The maximum atomic E-state index is 13.8. The Morgan fingerprint density at radius 2 is 1.72 bits per heavy atom. The van der Waals surface area contributed by atoms with Gasteiger partial charge in [0.2, 0.25) is 0 Å². The van der Waals surface area contributed by atoms with Gasteiger partial charge in [-0.05, 0) is 67.1 Å². The Bertz CT molecular complexity index is 1280. The predicted octanol–water partition coefficient (Wildman–Crippen LogP) is 6.52. The van der Waals surface area contributed by atoms with Gasteiger partial charge in [0.25, 0.3) is 5.91 Å². The highest BCUT2D eigenvalue weighted by Crippen LogP contribution is 2.20. The highest BCUT2D eigenvalue weighted by Gasteiger charge is 2.12. The zero-order valence-corrected chi connectivity index (χ0v) is 21.0. The van der Waals surface area contributed by atoms with Crippen molar-refractivity contribution in [3.8, 4) is 5.75 Å². The van der Waals surface area contributed by atoms with E-state index in [2.05, 4.69) is 41.9 Å². The molecule has 0 saturated heterocycles. The normalized spacial score (nSPS) is 11.2. The first-order valence-electron chi connectivity index (χ1n) is 12.7. The number of amides is 1. The minimum atomic E-state index is -0.506. The van der Waals surface area contributed by atoms with Crippen molar-refractivity contribution in [2.45, 2.75) is 52.0 Å². The summed E-state index contributed by atoms with van der Waals surface area (Å²) in [6.07, 6.45) is 3.36. The summed E-state index contributed by atoms with van der Waals surface area (Å²) in [6, 6.07) is 22.5. The van der Waals surface area contributed by atoms with E-state index in [1.165, 1.54) is 17.7 Å². The van der Waals surface area contributed by atoms with Crippen LogP contribution in [0.2, 0.25) is 0 Å². The molecule has 4 aromatic rings. The fraction of sp³-hybridized carbons (Fsp3) is 0.333. The van der Waals surface area contributed by atoms with Crippen LogP contribution in [0.5, 0.6) is 5.75 Å². The Labute approximate surface area is 212 Å². The molecule has 0 fully saturated rings. The van der Waals surface area contributed by atoms with Gasteiger partial charge in [-0.3, -0.25) is 4.79 Å². The molecule has 0 spiro atoms. The van der Waals surface area contributed by atoms with Gasteiger partial charge >= 0.3 is 0 Å². The number of aryl methyl sites for hydroxylation is 2. The number of para-hydroxylation sites is 2. The van der Waals surface area contributed by atoms with Crippen molar-refractivity contribution in [1.82, 2.24) is 14.9 Å². The number of benzene rings is 3. The molecule has 0 bridgehead atoms. The number of aromatic nitrogens is 2. The third kappa shape index (κ3) is 6.51. The molecule has 3 aromatic carbocycles. The lowest BCUT2D eigenvalue weighted by molar-refractivity contribution is 0.0949. The van der Waals surface area contributed by atoms with E-state index in [4.69, 9.17) is 9.72 Å². The number of nitrogens with zero attached hydrogens (tertiary/aromatic N) is 2. The molecule has 188 valence electrons. The van der Waals surface area contributed by atoms with Crippen LogP contribution >= 0.6 is 0 Å². The molecule has 6 heteroatoms. The maximum absolute atomic E-state index is 13.8. The second kappa shape index (κ2) is 12.3. The summed E-state index contributed by atoms with van der Waals surface area (Å²) in [5, 5.41) is 2.82. The predicted molar refractivity (Wildman–Crippen MR) is 142 cm³/mol. The van der Waals surface area contributed by atoms with Crippen LogP contribution in [-0.2, 0) is 13.0 Å². The number of halogens is 1. The largest absolute Gasteiger partial charge is 0.494 e. The number of fused-ring (bicyclic) bond motifs is 1. The number of hydrogen-bond donors (Lipinski definition) is 1. The van der Waals surface area contributed by atoms with Crippen LogP contribution < -0.4 is 10.1 Å². The Morgan fingerprint density at radius 3 is 2.50 bits per heavy atom. The number of imidazole rings is 1. The lowest BCUT2D eigenvalue weighted by atomic mass is 10.0. The summed E-state index contributed by atoms with van der Waals surface area (Å²) in [4.78, 5) is 17.1. The summed E-state index contributed by atoms with van der Waals surface area (Å²) >= 11 is 0. The molecule has 4 rings (SSSR count). The van der Waals surface area contributed by atoms with Gasteiger partial charge in [0.05, 0.1) is 23.2 Å². The summed E-state index contributed by atoms with van der Waals surface area (Å²) in [7, 11) is 0. The van der Waals surface area contributed by atoms with E-state index in [1.54, 1.807) is 12.1 Å². The molecule has 1 heterocycles. The highest BCUT2D eigenvalue weighted by molar-refractivity contribution is 5.94. The summed E-state index contributed by atoms with van der Waals surface area (Å²) < 4.78 is 22.0. The molecule has 36 heavy (non-hydrogen) atoms. The Balaban J connectivity index is 1.28. The Kier molecular flexibility index (Phi) is 8.71. The number of hydrogen-bond acceptors (Lipinski definition) is 3. The monoisotopic (exact) mass is 487 g/mol. The van der Waals surface area contributed by atoms with E-state index in [-0.39, 0.29) is 11.5 Å². The lowest BCUT2D eigenvalue weighted by Crippen LogP contribution is -2.25. The molecular weight excluding hydrogens is 453 g/mol. The molecule has 0 saturated carbocycles. The van der Waals surface area contributed by atoms with Gasteiger partial charge in [-0.15, -0.1) is 0 Å².